The Hall–Kier alpha value is -3.22. The Morgan fingerprint density at radius 1 is 1.12 bits per heavy atom. The lowest BCUT2D eigenvalue weighted by Gasteiger charge is -2.22. The first-order chi connectivity index (χ1) is 12.0. The van der Waals surface area contributed by atoms with Crippen LogP contribution < -0.4 is 4.74 Å². The SMILES string of the molecule is O=C1CC2Cc3ccccc3C2N1C(=O)Oc1ccc([N+](=O)[O-])cc1. The quantitative estimate of drug-likeness (QED) is 0.619. The topological polar surface area (TPSA) is 89.8 Å². The summed E-state index contributed by atoms with van der Waals surface area (Å²) >= 11 is 0. The monoisotopic (exact) mass is 338 g/mol. The van der Waals surface area contributed by atoms with Crippen LogP contribution in [0.4, 0.5) is 10.5 Å². The number of non-ortho nitro benzene ring substituents is 1. The molecule has 7 nitrogen and oxygen atoms in total. The van der Waals surface area contributed by atoms with E-state index >= 15 is 0 Å². The first-order valence-corrected chi connectivity index (χ1v) is 7.90. The van der Waals surface area contributed by atoms with E-state index in [4.69, 9.17) is 4.74 Å². The van der Waals surface area contributed by atoms with Gasteiger partial charge in [-0.15, -0.1) is 0 Å². The summed E-state index contributed by atoms with van der Waals surface area (Å²) in [5.41, 5.74) is 2.04. The minimum Gasteiger partial charge on any atom is -0.410 e. The largest absolute Gasteiger partial charge is 0.422 e. The number of nitrogens with zero attached hydrogens (tertiary/aromatic N) is 2. The second-order valence-corrected chi connectivity index (χ2v) is 6.19. The first-order valence-electron chi connectivity index (χ1n) is 7.90. The fraction of sp³-hybridized carbons (Fsp3) is 0.222. The lowest BCUT2D eigenvalue weighted by atomic mass is 10.0. The van der Waals surface area contributed by atoms with Gasteiger partial charge in [0.15, 0.2) is 0 Å². The van der Waals surface area contributed by atoms with Crippen LogP contribution >= 0.6 is 0 Å². The van der Waals surface area contributed by atoms with Crippen molar-refractivity contribution in [3.05, 3.63) is 69.8 Å². The minimum atomic E-state index is -0.747. The second-order valence-electron chi connectivity index (χ2n) is 6.19. The number of imide groups is 1. The molecule has 2 unspecified atom stereocenters. The molecule has 1 aliphatic heterocycles. The molecule has 0 aromatic heterocycles. The number of nitro benzene ring substituents is 1. The van der Waals surface area contributed by atoms with E-state index in [-0.39, 0.29) is 29.3 Å². The van der Waals surface area contributed by atoms with Crippen molar-refractivity contribution in [1.29, 1.82) is 0 Å². The van der Waals surface area contributed by atoms with Crippen LogP contribution in [0.3, 0.4) is 0 Å². The third kappa shape index (κ3) is 2.53. The number of nitro groups is 1. The molecule has 1 fully saturated rings. The van der Waals surface area contributed by atoms with Crippen molar-refractivity contribution in [1.82, 2.24) is 4.90 Å². The fourth-order valence-corrected chi connectivity index (χ4v) is 3.67. The van der Waals surface area contributed by atoms with E-state index in [0.717, 1.165) is 17.5 Å². The van der Waals surface area contributed by atoms with Gasteiger partial charge in [-0.05, 0) is 35.6 Å². The molecule has 0 saturated carbocycles. The number of carbonyl (C=O) groups excluding carboxylic acids is 2. The molecule has 2 aliphatic rings. The van der Waals surface area contributed by atoms with Crippen molar-refractivity contribution in [2.45, 2.75) is 18.9 Å². The van der Waals surface area contributed by atoms with Crippen LogP contribution in [0.2, 0.25) is 0 Å². The molecule has 126 valence electrons. The molecule has 2 aromatic rings. The Labute approximate surface area is 143 Å². The number of likely N-dealkylation sites (tertiary alicyclic amines) is 1. The first kappa shape index (κ1) is 15.3. The van der Waals surface area contributed by atoms with Gasteiger partial charge in [-0.25, -0.2) is 9.69 Å². The Morgan fingerprint density at radius 3 is 2.56 bits per heavy atom. The van der Waals surface area contributed by atoms with Gasteiger partial charge in [-0.2, -0.15) is 0 Å². The van der Waals surface area contributed by atoms with Crippen LogP contribution in [-0.4, -0.2) is 21.8 Å². The van der Waals surface area contributed by atoms with Gasteiger partial charge in [0, 0.05) is 18.6 Å². The van der Waals surface area contributed by atoms with Gasteiger partial charge in [0.1, 0.15) is 5.75 Å². The molecule has 4 rings (SSSR count). The highest BCUT2D eigenvalue weighted by molar-refractivity contribution is 5.95. The highest BCUT2D eigenvalue weighted by atomic mass is 16.6. The second kappa shape index (κ2) is 5.70. The van der Waals surface area contributed by atoms with Crippen molar-refractivity contribution >= 4 is 17.7 Å². The van der Waals surface area contributed by atoms with E-state index in [1.807, 2.05) is 24.3 Å². The Morgan fingerprint density at radius 2 is 1.84 bits per heavy atom. The zero-order valence-corrected chi connectivity index (χ0v) is 13.1. The van der Waals surface area contributed by atoms with Gasteiger partial charge in [0.2, 0.25) is 5.91 Å². The smallest absolute Gasteiger partial charge is 0.410 e. The molecule has 2 amide bonds. The molecule has 0 radical (unpaired) electrons. The standard InChI is InChI=1S/C18H14N2O5/c21-16-10-12-9-11-3-1-2-4-15(11)17(12)19(16)18(22)25-14-7-5-13(6-8-14)20(23)24/h1-8,12,17H,9-10H2. The van der Waals surface area contributed by atoms with Gasteiger partial charge in [0.25, 0.3) is 5.69 Å². The van der Waals surface area contributed by atoms with Crippen LogP contribution in [0.1, 0.15) is 23.6 Å². The van der Waals surface area contributed by atoms with Crippen molar-refractivity contribution in [2.75, 3.05) is 0 Å². The molecule has 0 spiro atoms. The van der Waals surface area contributed by atoms with E-state index in [1.54, 1.807) is 0 Å². The lowest BCUT2D eigenvalue weighted by molar-refractivity contribution is -0.384. The Balaban J connectivity index is 1.57. The van der Waals surface area contributed by atoms with Gasteiger partial charge in [0.05, 0.1) is 11.0 Å². The number of hydrogen-bond donors (Lipinski definition) is 0. The van der Waals surface area contributed by atoms with Crippen LogP contribution in [-0.2, 0) is 11.2 Å². The summed E-state index contributed by atoms with van der Waals surface area (Å²) in [5, 5.41) is 10.7. The molecule has 7 heteroatoms. The highest BCUT2D eigenvalue weighted by Gasteiger charge is 2.49. The van der Waals surface area contributed by atoms with Gasteiger partial charge in [-0.1, -0.05) is 24.3 Å². The maximum Gasteiger partial charge on any atom is 0.422 e. The molecule has 1 saturated heterocycles. The summed E-state index contributed by atoms with van der Waals surface area (Å²) in [4.78, 5) is 36.2. The summed E-state index contributed by atoms with van der Waals surface area (Å²) in [6, 6.07) is 12.7. The van der Waals surface area contributed by atoms with E-state index in [0.29, 0.717) is 6.42 Å². The Kier molecular flexibility index (Phi) is 3.49. The maximum atomic E-state index is 12.5. The third-order valence-electron chi connectivity index (χ3n) is 4.74. The molecular formula is C18H14N2O5. The normalized spacial score (nSPS) is 21.0. The zero-order valence-electron chi connectivity index (χ0n) is 13.1. The number of amides is 2. The average molecular weight is 338 g/mol. The molecule has 0 N–H and O–H groups in total. The van der Waals surface area contributed by atoms with Crippen molar-refractivity contribution in [3.63, 3.8) is 0 Å². The van der Waals surface area contributed by atoms with Crippen LogP contribution in [0.5, 0.6) is 5.75 Å². The van der Waals surface area contributed by atoms with E-state index in [9.17, 15) is 19.7 Å². The number of fused-ring (bicyclic) bond motifs is 3. The number of hydrogen-bond acceptors (Lipinski definition) is 5. The van der Waals surface area contributed by atoms with Crippen molar-refractivity contribution in [2.24, 2.45) is 5.92 Å². The molecule has 1 heterocycles. The zero-order chi connectivity index (χ0) is 17.6. The molecule has 0 bridgehead atoms. The van der Waals surface area contributed by atoms with Crippen LogP contribution in [0.25, 0.3) is 0 Å². The maximum absolute atomic E-state index is 12.5. The lowest BCUT2D eigenvalue weighted by Crippen LogP contribution is -2.36. The predicted molar refractivity (Wildman–Crippen MR) is 87.0 cm³/mol. The number of ether oxygens (including phenoxy) is 1. The van der Waals surface area contributed by atoms with Crippen LogP contribution in [0.15, 0.2) is 48.5 Å². The minimum absolute atomic E-state index is 0.0781. The van der Waals surface area contributed by atoms with E-state index in [1.165, 1.54) is 29.2 Å². The fourth-order valence-electron chi connectivity index (χ4n) is 3.67. The summed E-state index contributed by atoms with van der Waals surface area (Å²) in [5.74, 6) is -0.0103. The van der Waals surface area contributed by atoms with Crippen molar-refractivity contribution in [3.8, 4) is 5.75 Å². The van der Waals surface area contributed by atoms with E-state index < -0.39 is 11.0 Å². The number of carbonyl (C=O) groups is 2. The summed E-state index contributed by atoms with van der Waals surface area (Å²) in [6.45, 7) is 0. The van der Waals surface area contributed by atoms with Gasteiger partial charge in [-0.3, -0.25) is 14.9 Å². The summed E-state index contributed by atoms with van der Waals surface area (Å²) < 4.78 is 5.27. The molecule has 25 heavy (non-hydrogen) atoms. The third-order valence-corrected chi connectivity index (χ3v) is 4.74. The molecular weight excluding hydrogens is 324 g/mol. The highest BCUT2D eigenvalue weighted by Crippen LogP contribution is 2.47. The van der Waals surface area contributed by atoms with Crippen LogP contribution in [0, 0.1) is 16.0 Å². The number of rotatable bonds is 2. The summed E-state index contributed by atoms with van der Waals surface area (Å²) in [6.07, 6.45) is 0.339. The molecule has 1 aliphatic carbocycles. The molecule has 2 aromatic carbocycles. The number of benzene rings is 2. The Bertz CT molecular complexity index is 877. The van der Waals surface area contributed by atoms with E-state index in [2.05, 4.69) is 0 Å². The molecule has 2 atom stereocenters. The average Bonchev–Trinajstić information content (AvgIpc) is 3.09. The van der Waals surface area contributed by atoms with Gasteiger partial charge < -0.3 is 4.74 Å². The van der Waals surface area contributed by atoms with Gasteiger partial charge >= 0.3 is 6.09 Å². The predicted octanol–water partition coefficient (Wildman–Crippen LogP) is 3.24. The summed E-state index contributed by atoms with van der Waals surface area (Å²) in [7, 11) is 0. The van der Waals surface area contributed by atoms with Crippen molar-refractivity contribution < 1.29 is 19.2 Å².